The van der Waals surface area contributed by atoms with Crippen molar-refractivity contribution in [2.45, 2.75) is 19.8 Å². The van der Waals surface area contributed by atoms with E-state index in [1.54, 1.807) is 35.1 Å². The molecule has 0 bridgehead atoms. The van der Waals surface area contributed by atoms with Crippen LogP contribution in [0.4, 0.5) is 0 Å². The molecule has 0 unspecified atom stereocenters. The molecule has 1 aromatic heterocycles. The molecule has 0 radical (unpaired) electrons. The highest BCUT2D eigenvalue weighted by Gasteiger charge is 2.08. The number of benzene rings is 2. The Hall–Kier alpha value is -2.93. The molecule has 150 valence electrons. The number of carbonyl (C=O) groups excluding carboxylic acids is 2. The maximum atomic E-state index is 12.1. The highest BCUT2D eigenvalue weighted by molar-refractivity contribution is 9.10. The molecule has 0 fully saturated rings. The fraction of sp³-hybridized carbons (Fsp3) is 0.227. The van der Waals surface area contributed by atoms with E-state index < -0.39 is 5.97 Å². The smallest absolute Gasteiger partial charge is 0.338 e. The van der Waals surface area contributed by atoms with Crippen LogP contribution in [0.1, 0.15) is 27.9 Å². The highest BCUT2D eigenvalue weighted by atomic mass is 79.9. The van der Waals surface area contributed by atoms with Crippen LogP contribution in [0.2, 0.25) is 0 Å². The van der Waals surface area contributed by atoms with Crippen LogP contribution in [-0.2, 0) is 16.0 Å². The molecule has 0 aliphatic heterocycles. The summed E-state index contributed by atoms with van der Waals surface area (Å²) < 4.78 is 7.80. The van der Waals surface area contributed by atoms with E-state index in [0.717, 1.165) is 15.7 Å². The number of carbonyl (C=O) groups is 2. The number of esters is 1. The van der Waals surface area contributed by atoms with Crippen molar-refractivity contribution in [2.24, 2.45) is 0 Å². The third-order valence-electron chi connectivity index (χ3n) is 4.34. The summed E-state index contributed by atoms with van der Waals surface area (Å²) in [6.45, 7) is 2.45. The molecule has 7 heteroatoms. The minimum absolute atomic E-state index is 0.0589. The molecule has 29 heavy (non-hydrogen) atoms. The Kier molecular flexibility index (Phi) is 7.19. The van der Waals surface area contributed by atoms with Gasteiger partial charge in [-0.15, -0.1) is 0 Å². The predicted octanol–water partition coefficient (Wildman–Crippen LogP) is 3.85. The summed E-state index contributed by atoms with van der Waals surface area (Å²) in [5.41, 5.74) is 3.62. The van der Waals surface area contributed by atoms with Crippen LogP contribution in [0.25, 0.3) is 5.69 Å². The molecule has 0 atom stereocenters. The van der Waals surface area contributed by atoms with Crippen molar-refractivity contribution >= 4 is 27.8 Å². The van der Waals surface area contributed by atoms with Gasteiger partial charge in [0.05, 0.1) is 28.5 Å². The molecule has 1 heterocycles. The van der Waals surface area contributed by atoms with Crippen molar-refractivity contribution in [1.82, 2.24) is 15.1 Å². The lowest BCUT2D eigenvalue weighted by Crippen LogP contribution is -2.28. The molecule has 1 N–H and O–H groups in total. The summed E-state index contributed by atoms with van der Waals surface area (Å²) >= 11 is 3.35. The predicted molar refractivity (Wildman–Crippen MR) is 114 cm³/mol. The van der Waals surface area contributed by atoms with Gasteiger partial charge in [-0.25, -0.2) is 9.48 Å². The summed E-state index contributed by atoms with van der Waals surface area (Å²) in [7, 11) is 0. The number of halogens is 1. The first-order chi connectivity index (χ1) is 14.0. The van der Waals surface area contributed by atoms with Gasteiger partial charge >= 0.3 is 5.97 Å². The lowest BCUT2D eigenvalue weighted by atomic mass is 10.1. The third kappa shape index (κ3) is 6.29. The number of ether oxygens (including phenoxy) is 1. The second-order valence-corrected chi connectivity index (χ2v) is 7.54. The second kappa shape index (κ2) is 10.0. The Morgan fingerprint density at radius 1 is 1.10 bits per heavy atom. The molecule has 0 aliphatic rings. The third-order valence-corrected chi connectivity index (χ3v) is 4.75. The molecule has 3 rings (SSSR count). The fourth-order valence-corrected chi connectivity index (χ4v) is 3.00. The van der Waals surface area contributed by atoms with E-state index in [-0.39, 0.29) is 19.1 Å². The maximum absolute atomic E-state index is 12.1. The summed E-state index contributed by atoms with van der Waals surface area (Å²) in [5.74, 6) is -0.483. The first-order valence-corrected chi connectivity index (χ1v) is 10.1. The number of amides is 1. The van der Waals surface area contributed by atoms with Gasteiger partial charge in [0.15, 0.2) is 0 Å². The summed E-state index contributed by atoms with van der Waals surface area (Å²) in [5, 5.41) is 6.96. The lowest BCUT2D eigenvalue weighted by molar-refractivity contribution is -0.121. The van der Waals surface area contributed by atoms with Crippen LogP contribution in [0.15, 0.2) is 65.4 Å². The molecular weight excluding hydrogens is 434 g/mol. The highest BCUT2D eigenvalue weighted by Crippen LogP contribution is 2.14. The van der Waals surface area contributed by atoms with Crippen molar-refractivity contribution in [2.75, 3.05) is 13.2 Å². The van der Waals surface area contributed by atoms with Gasteiger partial charge in [0.25, 0.3) is 0 Å². The van der Waals surface area contributed by atoms with Crippen LogP contribution >= 0.6 is 15.9 Å². The molecule has 1 amide bonds. The number of rotatable bonds is 8. The number of hydrogen-bond donors (Lipinski definition) is 1. The van der Waals surface area contributed by atoms with Crippen molar-refractivity contribution in [3.63, 3.8) is 0 Å². The minimum Gasteiger partial charge on any atom is -0.460 e. The average Bonchev–Trinajstić information content (AvgIpc) is 3.17. The van der Waals surface area contributed by atoms with Gasteiger partial charge in [0, 0.05) is 12.6 Å². The molecule has 2 aromatic carbocycles. The normalized spacial score (nSPS) is 10.6. The van der Waals surface area contributed by atoms with Crippen LogP contribution in [0, 0.1) is 6.92 Å². The average molecular weight is 456 g/mol. The Morgan fingerprint density at radius 2 is 1.83 bits per heavy atom. The molecule has 0 saturated heterocycles. The SMILES string of the molecule is Cc1ccc(CCC(=O)NCCOC(=O)c2ccc(-n3cc(Br)cn3)cc2)cc1. The van der Waals surface area contributed by atoms with Gasteiger partial charge in [-0.05, 0) is 59.1 Å². The van der Waals surface area contributed by atoms with E-state index in [0.29, 0.717) is 18.4 Å². The van der Waals surface area contributed by atoms with Crippen LogP contribution in [0.5, 0.6) is 0 Å². The Morgan fingerprint density at radius 3 is 2.48 bits per heavy atom. The van der Waals surface area contributed by atoms with E-state index in [4.69, 9.17) is 4.74 Å². The number of aryl methyl sites for hydroxylation is 2. The zero-order valence-electron chi connectivity index (χ0n) is 16.1. The van der Waals surface area contributed by atoms with Gasteiger partial charge in [0.1, 0.15) is 6.61 Å². The monoisotopic (exact) mass is 455 g/mol. The van der Waals surface area contributed by atoms with Crippen molar-refractivity contribution in [3.8, 4) is 5.69 Å². The molecule has 0 aliphatic carbocycles. The number of hydrogen-bond acceptors (Lipinski definition) is 4. The van der Waals surface area contributed by atoms with Crippen molar-refractivity contribution in [1.29, 1.82) is 0 Å². The van der Waals surface area contributed by atoms with Crippen LogP contribution in [0.3, 0.4) is 0 Å². The van der Waals surface area contributed by atoms with Gasteiger partial charge in [0.2, 0.25) is 5.91 Å². The van der Waals surface area contributed by atoms with Gasteiger partial charge in [-0.3, -0.25) is 4.79 Å². The first kappa shape index (κ1) is 20.8. The first-order valence-electron chi connectivity index (χ1n) is 9.31. The van der Waals surface area contributed by atoms with Crippen LogP contribution < -0.4 is 5.32 Å². The molecule has 6 nitrogen and oxygen atoms in total. The molecule has 0 saturated carbocycles. The molecule has 3 aromatic rings. The summed E-state index contributed by atoms with van der Waals surface area (Å²) in [6, 6.07) is 15.1. The maximum Gasteiger partial charge on any atom is 0.338 e. The van der Waals surface area contributed by atoms with E-state index in [1.807, 2.05) is 37.4 Å². The number of nitrogens with one attached hydrogen (secondary N) is 1. The molecule has 0 spiro atoms. The molecular formula is C22H22BrN3O3. The van der Waals surface area contributed by atoms with Gasteiger partial charge < -0.3 is 10.1 Å². The minimum atomic E-state index is -0.424. The van der Waals surface area contributed by atoms with Gasteiger partial charge in [-0.1, -0.05) is 29.8 Å². The largest absolute Gasteiger partial charge is 0.460 e. The number of aromatic nitrogens is 2. The van der Waals surface area contributed by atoms with E-state index >= 15 is 0 Å². The second-order valence-electron chi connectivity index (χ2n) is 6.62. The quantitative estimate of drug-likeness (QED) is 0.413. The topological polar surface area (TPSA) is 73.2 Å². The van der Waals surface area contributed by atoms with Crippen molar-refractivity contribution in [3.05, 3.63) is 82.1 Å². The lowest BCUT2D eigenvalue weighted by Gasteiger charge is -2.08. The van der Waals surface area contributed by atoms with Gasteiger partial charge in [-0.2, -0.15) is 5.10 Å². The zero-order chi connectivity index (χ0) is 20.6. The Labute approximate surface area is 178 Å². The standard InChI is InChI=1S/C22H22BrN3O3/c1-16-2-4-17(5-3-16)6-11-21(27)24-12-13-29-22(28)18-7-9-20(10-8-18)26-15-19(23)14-25-26/h2-5,7-10,14-15H,6,11-13H2,1H3,(H,24,27). The van der Waals surface area contributed by atoms with E-state index in [2.05, 4.69) is 26.3 Å². The Balaban J connectivity index is 1.37. The van der Waals surface area contributed by atoms with E-state index in [1.165, 1.54) is 5.56 Å². The Bertz CT molecular complexity index is 966. The fourth-order valence-electron chi connectivity index (χ4n) is 2.71. The number of nitrogens with zero attached hydrogens (tertiary/aromatic N) is 2. The van der Waals surface area contributed by atoms with Crippen molar-refractivity contribution < 1.29 is 14.3 Å². The summed E-state index contributed by atoms with van der Waals surface area (Å²) in [4.78, 5) is 24.0. The van der Waals surface area contributed by atoms with Crippen LogP contribution in [-0.4, -0.2) is 34.8 Å². The summed E-state index contributed by atoms with van der Waals surface area (Å²) in [6.07, 6.45) is 4.61. The van der Waals surface area contributed by atoms with E-state index in [9.17, 15) is 9.59 Å². The zero-order valence-corrected chi connectivity index (χ0v) is 17.7.